The number of unbranched alkanes of at least 4 members (excludes halogenated alkanes) is 3. The van der Waals surface area contributed by atoms with Crippen LogP contribution in [-0.2, 0) is 8.85 Å². The summed E-state index contributed by atoms with van der Waals surface area (Å²) in [4.78, 5) is 0. The Hall–Kier alpha value is 0.137. The van der Waals surface area contributed by atoms with Gasteiger partial charge < -0.3 is 8.85 Å². The molecule has 0 aliphatic carbocycles. The third-order valence-electron chi connectivity index (χ3n) is 3.34. The van der Waals surface area contributed by atoms with Crippen LogP contribution in [-0.4, -0.2) is 21.8 Å². The lowest BCUT2D eigenvalue weighted by atomic mass is 10.3. The normalized spacial score (nSPS) is 19.1. The maximum absolute atomic E-state index is 6.16. The van der Waals surface area contributed by atoms with Crippen LogP contribution in [0.25, 0.3) is 0 Å². The van der Waals surface area contributed by atoms with Gasteiger partial charge in [0.1, 0.15) is 0 Å². The minimum absolute atomic E-state index is 0.927. The molecule has 0 aromatic carbocycles. The maximum Gasteiger partial charge on any atom is 0.338 e. The van der Waals surface area contributed by atoms with Gasteiger partial charge in [-0.1, -0.05) is 46.0 Å². The van der Waals surface area contributed by atoms with Crippen molar-refractivity contribution in [3.05, 3.63) is 0 Å². The van der Waals surface area contributed by atoms with E-state index >= 15 is 0 Å². The SMILES string of the molecule is CCCCCO[Si]1(OCCCC)CCCC1. The van der Waals surface area contributed by atoms with Crippen LogP contribution in [0.2, 0.25) is 12.1 Å². The van der Waals surface area contributed by atoms with Gasteiger partial charge in [0, 0.05) is 13.2 Å². The Kier molecular flexibility index (Phi) is 7.33. The van der Waals surface area contributed by atoms with E-state index in [1.807, 2.05) is 0 Å². The van der Waals surface area contributed by atoms with Crippen molar-refractivity contribution < 1.29 is 8.85 Å². The second-order valence-electron chi connectivity index (χ2n) is 4.88. The van der Waals surface area contributed by atoms with E-state index in [4.69, 9.17) is 8.85 Å². The Labute approximate surface area is 102 Å². The number of hydrogen-bond donors (Lipinski definition) is 0. The highest BCUT2D eigenvalue weighted by molar-refractivity contribution is 6.68. The van der Waals surface area contributed by atoms with Gasteiger partial charge in [0.25, 0.3) is 0 Å². The predicted molar refractivity (Wildman–Crippen MR) is 70.9 cm³/mol. The highest BCUT2D eigenvalue weighted by Crippen LogP contribution is 2.32. The van der Waals surface area contributed by atoms with E-state index in [1.165, 1.54) is 57.0 Å². The van der Waals surface area contributed by atoms with E-state index in [-0.39, 0.29) is 0 Å². The Morgan fingerprint density at radius 3 is 1.94 bits per heavy atom. The van der Waals surface area contributed by atoms with Crippen molar-refractivity contribution in [2.24, 2.45) is 0 Å². The Balaban J connectivity index is 2.22. The highest BCUT2D eigenvalue weighted by Gasteiger charge is 2.40. The van der Waals surface area contributed by atoms with Crippen LogP contribution in [0.3, 0.4) is 0 Å². The summed E-state index contributed by atoms with van der Waals surface area (Å²) in [6, 6.07) is 2.48. The van der Waals surface area contributed by atoms with Gasteiger partial charge in [-0.3, -0.25) is 0 Å². The topological polar surface area (TPSA) is 18.5 Å². The van der Waals surface area contributed by atoms with Crippen LogP contribution in [0.4, 0.5) is 0 Å². The maximum atomic E-state index is 6.16. The average Bonchev–Trinajstić information content (AvgIpc) is 2.74. The zero-order valence-electron chi connectivity index (χ0n) is 11.1. The van der Waals surface area contributed by atoms with E-state index < -0.39 is 8.56 Å². The fourth-order valence-electron chi connectivity index (χ4n) is 2.26. The fraction of sp³-hybridized carbons (Fsp3) is 1.00. The molecule has 0 saturated carbocycles. The van der Waals surface area contributed by atoms with Gasteiger partial charge in [0.2, 0.25) is 0 Å². The molecular weight excluding hydrogens is 216 g/mol. The first-order valence-electron chi connectivity index (χ1n) is 7.11. The molecular formula is C13H28O2Si. The average molecular weight is 244 g/mol. The predicted octanol–water partition coefficient (Wildman–Crippen LogP) is 4.25. The molecule has 0 N–H and O–H groups in total. The van der Waals surface area contributed by atoms with Gasteiger partial charge in [-0.2, -0.15) is 0 Å². The van der Waals surface area contributed by atoms with Gasteiger partial charge in [-0.05, 0) is 24.9 Å². The smallest absolute Gasteiger partial charge is 0.338 e. The highest BCUT2D eigenvalue weighted by atomic mass is 28.4. The summed E-state index contributed by atoms with van der Waals surface area (Å²) in [7, 11) is -1.72. The second kappa shape index (κ2) is 8.26. The second-order valence-corrected chi connectivity index (χ2v) is 8.27. The third-order valence-corrected chi connectivity index (χ3v) is 7.03. The van der Waals surface area contributed by atoms with Crippen LogP contribution in [0.5, 0.6) is 0 Å². The van der Waals surface area contributed by atoms with Crippen molar-refractivity contribution in [1.82, 2.24) is 0 Å². The van der Waals surface area contributed by atoms with E-state index in [0.717, 1.165) is 13.2 Å². The molecule has 1 aliphatic heterocycles. The molecule has 0 spiro atoms. The van der Waals surface area contributed by atoms with Gasteiger partial charge >= 0.3 is 8.56 Å². The third kappa shape index (κ3) is 4.98. The molecule has 16 heavy (non-hydrogen) atoms. The molecule has 0 bridgehead atoms. The number of hydrogen-bond acceptors (Lipinski definition) is 2. The van der Waals surface area contributed by atoms with Crippen LogP contribution in [0.1, 0.15) is 58.8 Å². The van der Waals surface area contributed by atoms with Gasteiger partial charge in [-0.15, -0.1) is 0 Å². The van der Waals surface area contributed by atoms with Crippen molar-refractivity contribution in [2.75, 3.05) is 13.2 Å². The van der Waals surface area contributed by atoms with Crippen molar-refractivity contribution >= 4 is 8.56 Å². The molecule has 0 amide bonds. The molecule has 1 rings (SSSR count). The Morgan fingerprint density at radius 2 is 1.38 bits per heavy atom. The first kappa shape index (κ1) is 14.2. The van der Waals surface area contributed by atoms with Crippen molar-refractivity contribution in [3.63, 3.8) is 0 Å². The Morgan fingerprint density at radius 1 is 0.812 bits per heavy atom. The first-order chi connectivity index (χ1) is 7.83. The molecule has 0 radical (unpaired) electrons. The lowest BCUT2D eigenvalue weighted by Gasteiger charge is -2.26. The standard InChI is InChI=1S/C13H28O2Si/c1-3-5-7-11-15-16(12-8-9-13-16)14-10-6-4-2/h3-13H2,1-2H3. The van der Waals surface area contributed by atoms with Crippen LogP contribution < -0.4 is 0 Å². The van der Waals surface area contributed by atoms with Crippen molar-refractivity contribution in [1.29, 1.82) is 0 Å². The molecule has 2 nitrogen and oxygen atoms in total. The quantitative estimate of drug-likeness (QED) is 0.446. The molecule has 0 unspecified atom stereocenters. The van der Waals surface area contributed by atoms with Crippen LogP contribution in [0.15, 0.2) is 0 Å². The molecule has 0 aromatic heterocycles. The van der Waals surface area contributed by atoms with E-state index in [9.17, 15) is 0 Å². The molecule has 96 valence electrons. The zero-order valence-corrected chi connectivity index (χ0v) is 12.1. The lowest BCUT2D eigenvalue weighted by molar-refractivity contribution is 0.167. The van der Waals surface area contributed by atoms with Gasteiger partial charge in [0.15, 0.2) is 0 Å². The summed E-state index contributed by atoms with van der Waals surface area (Å²) >= 11 is 0. The van der Waals surface area contributed by atoms with Crippen LogP contribution in [0, 0.1) is 0 Å². The minimum Gasteiger partial charge on any atom is -0.394 e. The van der Waals surface area contributed by atoms with E-state index in [2.05, 4.69) is 13.8 Å². The van der Waals surface area contributed by atoms with E-state index in [1.54, 1.807) is 0 Å². The van der Waals surface area contributed by atoms with E-state index in [0.29, 0.717) is 0 Å². The van der Waals surface area contributed by atoms with Crippen molar-refractivity contribution in [3.8, 4) is 0 Å². The Bertz CT molecular complexity index is 167. The summed E-state index contributed by atoms with van der Waals surface area (Å²) < 4.78 is 12.3. The zero-order chi connectivity index (χ0) is 11.7. The summed E-state index contributed by atoms with van der Waals surface area (Å²) in [5, 5.41) is 0. The molecule has 1 saturated heterocycles. The van der Waals surface area contributed by atoms with Gasteiger partial charge in [-0.25, -0.2) is 0 Å². The molecule has 1 aliphatic rings. The number of rotatable bonds is 9. The summed E-state index contributed by atoms with van der Waals surface area (Å²) in [6.07, 6.45) is 8.84. The van der Waals surface area contributed by atoms with Crippen LogP contribution >= 0.6 is 0 Å². The molecule has 0 aromatic rings. The largest absolute Gasteiger partial charge is 0.394 e. The monoisotopic (exact) mass is 244 g/mol. The molecule has 1 heterocycles. The molecule has 1 fully saturated rings. The lowest BCUT2D eigenvalue weighted by Crippen LogP contribution is -2.39. The summed E-state index contributed by atoms with van der Waals surface area (Å²) in [5.74, 6) is 0. The van der Waals surface area contributed by atoms with Gasteiger partial charge in [0.05, 0.1) is 0 Å². The fourth-order valence-corrected chi connectivity index (χ4v) is 5.78. The first-order valence-corrected chi connectivity index (χ1v) is 9.34. The molecule has 3 heteroatoms. The molecule has 0 atom stereocenters. The summed E-state index contributed by atoms with van der Waals surface area (Å²) in [6.45, 7) is 6.32. The van der Waals surface area contributed by atoms with Crippen molar-refractivity contribution in [2.45, 2.75) is 70.9 Å². The summed E-state index contributed by atoms with van der Waals surface area (Å²) in [5.41, 5.74) is 0. The minimum atomic E-state index is -1.72.